The zero-order valence-electron chi connectivity index (χ0n) is 11.8. The Kier molecular flexibility index (Phi) is 4.05. The van der Waals surface area contributed by atoms with Gasteiger partial charge in [-0.15, -0.1) is 0 Å². The van der Waals surface area contributed by atoms with E-state index in [1.54, 1.807) is 6.20 Å². The van der Waals surface area contributed by atoms with Crippen molar-refractivity contribution in [1.29, 1.82) is 0 Å². The summed E-state index contributed by atoms with van der Waals surface area (Å²) in [6.45, 7) is 0. The minimum absolute atomic E-state index is 0.170. The third-order valence-corrected chi connectivity index (χ3v) is 3.06. The molecule has 23 heavy (non-hydrogen) atoms. The fourth-order valence-corrected chi connectivity index (χ4v) is 1.97. The van der Waals surface area contributed by atoms with Crippen LogP contribution in [0.3, 0.4) is 0 Å². The molecule has 0 saturated carbocycles. The van der Waals surface area contributed by atoms with Gasteiger partial charge in [0.05, 0.1) is 22.9 Å². The zero-order valence-corrected chi connectivity index (χ0v) is 11.8. The SMILES string of the molecule is O=C(/C=C/c1cnc2ccccc2n1)Nc1ccc(F)c(F)c1. The first-order valence-electron chi connectivity index (χ1n) is 6.78. The molecule has 0 saturated heterocycles. The summed E-state index contributed by atoms with van der Waals surface area (Å²) >= 11 is 0. The molecule has 0 aliphatic carbocycles. The molecule has 3 rings (SSSR count). The van der Waals surface area contributed by atoms with Crippen molar-refractivity contribution in [3.8, 4) is 0 Å². The number of aromatic nitrogens is 2. The minimum atomic E-state index is -1.02. The lowest BCUT2D eigenvalue weighted by Gasteiger charge is -2.02. The van der Waals surface area contributed by atoms with Crippen molar-refractivity contribution in [3.63, 3.8) is 0 Å². The van der Waals surface area contributed by atoms with Crippen LogP contribution in [0.15, 0.2) is 54.7 Å². The molecule has 0 unspecified atom stereocenters. The lowest BCUT2D eigenvalue weighted by molar-refractivity contribution is -0.111. The first kappa shape index (κ1) is 14.8. The van der Waals surface area contributed by atoms with E-state index < -0.39 is 17.5 Å². The fraction of sp³-hybridized carbons (Fsp3) is 0. The van der Waals surface area contributed by atoms with Gasteiger partial charge in [-0.3, -0.25) is 9.78 Å². The molecular formula is C17H11F2N3O. The van der Waals surface area contributed by atoms with Gasteiger partial charge >= 0.3 is 0 Å². The van der Waals surface area contributed by atoms with Crippen LogP contribution in [0, 0.1) is 11.6 Å². The molecule has 0 fully saturated rings. The summed E-state index contributed by atoms with van der Waals surface area (Å²) in [5.74, 6) is -2.47. The number of nitrogens with one attached hydrogen (secondary N) is 1. The normalized spacial score (nSPS) is 11.0. The Hall–Kier alpha value is -3.15. The Labute approximate surface area is 130 Å². The van der Waals surface area contributed by atoms with E-state index >= 15 is 0 Å². The molecule has 1 amide bonds. The van der Waals surface area contributed by atoms with Crippen molar-refractivity contribution in [3.05, 3.63) is 72.1 Å². The number of fused-ring (bicyclic) bond motifs is 1. The molecule has 4 nitrogen and oxygen atoms in total. The number of hydrogen-bond donors (Lipinski definition) is 1. The van der Waals surface area contributed by atoms with Crippen LogP contribution in [0.5, 0.6) is 0 Å². The Morgan fingerprint density at radius 2 is 1.83 bits per heavy atom. The number of benzene rings is 2. The molecule has 0 bridgehead atoms. The van der Waals surface area contributed by atoms with E-state index in [0.29, 0.717) is 5.69 Å². The van der Waals surface area contributed by atoms with Gasteiger partial charge in [-0.25, -0.2) is 13.8 Å². The van der Waals surface area contributed by atoms with Gasteiger partial charge in [-0.1, -0.05) is 12.1 Å². The summed E-state index contributed by atoms with van der Waals surface area (Å²) in [5, 5.41) is 2.44. The number of para-hydroxylation sites is 2. The average molecular weight is 311 g/mol. The number of carbonyl (C=O) groups excluding carboxylic acids is 1. The second kappa shape index (κ2) is 6.31. The zero-order chi connectivity index (χ0) is 16.2. The predicted octanol–water partition coefficient (Wildman–Crippen LogP) is 3.56. The maximum atomic E-state index is 13.1. The lowest BCUT2D eigenvalue weighted by Crippen LogP contribution is -2.08. The highest BCUT2D eigenvalue weighted by Crippen LogP contribution is 2.13. The summed E-state index contributed by atoms with van der Waals surface area (Å²) in [7, 11) is 0. The summed E-state index contributed by atoms with van der Waals surface area (Å²) in [5.41, 5.74) is 2.17. The van der Waals surface area contributed by atoms with E-state index in [1.165, 1.54) is 18.2 Å². The molecule has 3 aromatic rings. The summed E-state index contributed by atoms with van der Waals surface area (Å²) < 4.78 is 25.9. The molecule has 2 aromatic carbocycles. The van der Waals surface area contributed by atoms with Gasteiger partial charge in [0.15, 0.2) is 11.6 Å². The van der Waals surface area contributed by atoms with Crippen LogP contribution < -0.4 is 5.32 Å². The largest absolute Gasteiger partial charge is 0.322 e. The maximum absolute atomic E-state index is 13.1. The fourth-order valence-electron chi connectivity index (χ4n) is 1.97. The van der Waals surface area contributed by atoms with Crippen molar-refractivity contribution < 1.29 is 13.6 Å². The Morgan fingerprint density at radius 3 is 2.61 bits per heavy atom. The van der Waals surface area contributed by atoms with Crippen molar-refractivity contribution in [1.82, 2.24) is 9.97 Å². The number of anilines is 1. The van der Waals surface area contributed by atoms with Crippen LogP contribution in [0.4, 0.5) is 14.5 Å². The van der Waals surface area contributed by atoms with Crippen LogP contribution in [0.25, 0.3) is 17.1 Å². The van der Waals surface area contributed by atoms with Gasteiger partial charge in [0.1, 0.15) is 0 Å². The van der Waals surface area contributed by atoms with Crippen LogP contribution in [0.2, 0.25) is 0 Å². The molecule has 1 N–H and O–H groups in total. The molecule has 6 heteroatoms. The Bertz CT molecular complexity index is 909. The molecule has 1 heterocycles. The number of nitrogens with zero attached hydrogens (tertiary/aromatic N) is 2. The van der Waals surface area contributed by atoms with E-state index in [9.17, 15) is 13.6 Å². The van der Waals surface area contributed by atoms with Gasteiger partial charge in [0.2, 0.25) is 5.91 Å². The summed E-state index contributed by atoms with van der Waals surface area (Å²) in [6.07, 6.45) is 4.29. The minimum Gasteiger partial charge on any atom is -0.322 e. The van der Waals surface area contributed by atoms with Crippen molar-refractivity contribution >= 4 is 28.7 Å². The predicted molar refractivity (Wildman–Crippen MR) is 83.6 cm³/mol. The first-order valence-corrected chi connectivity index (χ1v) is 6.78. The molecular weight excluding hydrogens is 300 g/mol. The van der Waals surface area contributed by atoms with Gasteiger partial charge in [0, 0.05) is 17.8 Å². The summed E-state index contributed by atoms with van der Waals surface area (Å²) in [4.78, 5) is 20.4. The maximum Gasteiger partial charge on any atom is 0.248 e. The topological polar surface area (TPSA) is 54.9 Å². The van der Waals surface area contributed by atoms with E-state index in [1.807, 2.05) is 24.3 Å². The van der Waals surface area contributed by atoms with Gasteiger partial charge < -0.3 is 5.32 Å². The second-order valence-corrected chi connectivity index (χ2v) is 4.74. The number of halogens is 2. The molecule has 1 aromatic heterocycles. The van der Waals surface area contributed by atoms with Crippen molar-refractivity contribution in [2.75, 3.05) is 5.32 Å². The van der Waals surface area contributed by atoms with Crippen LogP contribution >= 0.6 is 0 Å². The quantitative estimate of drug-likeness (QED) is 0.752. The molecule has 0 atom stereocenters. The highest BCUT2D eigenvalue weighted by molar-refractivity contribution is 6.01. The number of hydrogen-bond acceptors (Lipinski definition) is 3. The monoisotopic (exact) mass is 311 g/mol. The van der Waals surface area contributed by atoms with Crippen LogP contribution in [-0.2, 0) is 4.79 Å². The number of carbonyl (C=O) groups is 1. The third-order valence-electron chi connectivity index (χ3n) is 3.06. The molecule has 0 radical (unpaired) electrons. The molecule has 0 spiro atoms. The van der Waals surface area contributed by atoms with Gasteiger partial charge in [-0.05, 0) is 30.3 Å². The second-order valence-electron chi connectivity index (χ2n) is 4.74. The van der Waals surface area contributed by atoms with Crippen LogP contribution in [-0.4, -0.2) is 15.9 Å². The van der Waals surface area contributed by atoms with E-state index in [4.69, 9.17) is 0 Å². The Morgan fingerprint density at radius 1 is 1.04 bits per heavy atom. The first-order chi connectivity index (χ1) is 11.1. The van der Waals surface area contributed by atoms with E-state index in [0.717, 1.165) is 23.2 Å². The van der Waals surface area contributed by atoms with E-state index in [-0.39, 0.29) is 5.69 Å². The number of rotatable bonds is 3. The highest BCUT2D eigenvalue weighted by Gasteiger charge is 2.04. The van der Waals surface area contributed by atoms with Crippen molar-refractivity contribution in [2.24, 2.45) is 0 Å². The average Bonchev–Trinajstić information content (AvgIpc) is 2.56. The molecule has 114 valence electrons. The highest BCUT2D eigenvalue weighted by atomic mass is 19.2. The number of amides is 1. The van der Waals surface area contributed by atoms with Gasteiger partial charge in [0.25, 0.3) is 0 Å². The molecule has 0 aliphatic heterocycles. The van der Waals surface area contributed by atoms with Crippen molar-refractivity contribution in [2.45, 2.75) is 0 Å². The molecule has 0 aliphatic rings. The van der Waals surface area contributed by atoms with Crippen LogP contribution in [0.1, 0.15) is 5.69 Å². The third kappa shape index (κ3) is 3.55. The standard InChI is InChI=1S/C17H11F2N3O/c18-13-7-5-11(9-14(13)19)22-17(23)8-6-12-10-20-15-3-1-2-4-16(15)21-12/h1-10H,(H,22,23)/b8-6+. The summed E-state index contributed by atoms with van der Waals surface area (Å²) in [6, 6.07) is 10.5. The Balaban J connectivity index is 1.72. The van der Waals surface area contributed by atoms with Gasteiger partial charge in [-0.2, -0.15) is 0 Å². The lowest BCUT2D eigenvalue weighted by atomic mass is 10.2. The van der Waals surface area contributed by atoms with E-state index in [2.05, 4.69) is 15.3 Å². The smallest absolute Gasteiger partial charge is 0.248 e.